The van der Waals surface area contributed by atoms with Crippen molar-refractivity contribution in [1.82, 2.24) is 19.9 Å². The summed E-state index contributed by atoms with van der Waals surface area (Å²) in [5.74, 6) is 0.180. The molecule has 1 fully saturated rings. The van der Waals surface area contributed by atoms with Gasteiger partial charge in [-0.1, -0.05) is 29.5 Å². The maximum absolute atomic E-state index is 12.6. The maximum atomic E-state index is 12.6. The zero-order valence-electron chi connectivity index (χ0n) is 14.4. The number of hydrogen-bond donors (Lipinski definition) is 2. The lowest BCUT2D eigenvalue weighted by Gasteiger charge is -2.16. The normalized spacial score (nSPS) is 16.1. The summed E-state index contributed by atoms with van der Waals surface area (Å²) in [4.78, 5) is 38.5. The zero-order chi connectivity index (χ0) is 19.4. The first-order chi connectivity index (χ1) is 13.0. The van der Waals surface area contributed by atoms with E-state index in [4.69, 9.17) is 16.3 Å². The lowest BCUT2D eigenvalue weighted by Crippen LogP contribution is -2.31. The van der Waals surface area contributed by atoms with Crippen molar-refractivity contribution >= 4 is 45.8 Å². The van der Waals surface area contributed by atoms with Crippen molar-refractivity contribution in [3.63, 3.8) is 0 Å². The van der Waals surface area contributed by atoms with Gasteiger partial charge in [-0.25, -0.2) is 9.97 Å². The Bertz CT molecular complexity index is 874. The number of carbonyl (C=O) groups excluding carboxylic acids is 2. The van der Waals surface area contributed by atoms with Crippen LogP contribution < -0.4 is 15.4 Å². The molecule has 11 heteroatoms. The molecule has 3 rings (SSSR count). The first kappa shape index (κ1) is 19.1. The van der Waals surface area contributed by atoms with Crippen molar-refractivity contribution < 1.29 is 14.3 Å². The van der Waals surface area contributed by atoms with Crippen molar-refractivity contribution in [2.24, 2.45) is 0 Å². The average Bonchev–Trinajstić information content (AvgIpc) is 3.32. The smallest absolute Gasteiger partial charge is 0.265 e. The predicted molar refractivity (Wildman–Crippen MR) is 102 cm³/mol. The highest BCUT2D eigenvalue weighted by atomic mass is 35.5. The van der Waals surface area contributed by atoms with Crippen molar-refractivity contribution in [3.8, 4) is 5.88 Å². The molecule has 0 unspecified atom stereocenters. The third-order valence-electron chi connectivity index (χ3n) is 3.85. The van der Waals surface area contributed by atoms with Crippen LogP contribution in [0.25, 0.3) is 0 Å². The Hall–Kier alpha value is -2.72. The van der Waals surface area contributed by atoms with E-state index in [0.717, 1.165) is 23.8 Å². The minimum Gasteiger partial charge on any atom is -0.480 e. The fourth-order valence-electron chi connectivity index (χ4n) is 2.55. The monoisotopic (exact) mass is 408 g/mol. The topological polar surface area (TPSA) is 109 Å². The molecule has 9 nitrogen and oxygen atoms in total. The first-order valence-electron chi connectivity index (χ1n) is 8.01. The average molecular weight is 409 g/mol. The van der Waals surface area contributed by atoms with Crippen LogP contribution in [0.4, 0.5) is 11.1 Å². The Morgan fingerprint density at radius 3 is 3.00 bits per heavy atom. The summed E-state index contributed by atoms with van der Waals surface area (Å²) in [6, 6.07) is 0.00712. The molecule has 2 N–H and O–H groups in total. The van der Waals surface area contributed by atoms with Gasteiger partial charge in [0.25, 0.3) is 5.91 Å². The Morgan fingerprint density at radius 1 is 1.44 bits per heavy atom. The van der Waals surface area contributed by atoms with Crippen LogP contribution in [0.1, 0.15) is 16.1 Å². The number of aromatic nitrogens is 3. The van der Waals surface area contributed by atoms with Gasteiger partial charge in [0.15, 0.2) is 5.13 Å². The lowest BCUT2D eigenvalue weighted by molar-refractivity contribution is -0.111. The minimum atomic E-state index is -0.368. The zero-order valence-corrected chi connectivity index (χ0v) is 16.0. The number of anilines is 2. The molecular weight excluding hydrogens is 392 g/mol. The number of likely N-dealkylation sites (tertiary alicyclic amines) is 1. The van der Waals surface area contributed by atoms with Crippen LogP contribution in [-0.4, -0.2) is 57.9 Å². The Balaban J connectivity index is 1.59. The first-order valence-corrected chi connectivity index (χ1v) is 9.21. The van der Waals surface area contributed by atoms with Gasteiger partial charge in [0, 0.05) is 19.1 Å². The van der Waals surface area contributed by atoms with Gasteiger partial charge in [-0.2, -0.15) is 4.98 Å². The van der Waals surface area contributed by atoms with E-state index >= 15 is 0 Å². The number of nitrogens with one attached hydrogen (secondary N) is 2. The van der Waals surface area contributed by atoms with Gasteiger partial charge < -0.3 is 15.0 Å². The van der Waals surface area contributed by atoms with Gasteiger partial charge in [-0.05, 0) is 12.5 Å². The molecule has 0 aromatic carbocycles. The van der Waals surface area contributed by atoms with E-state index in [1.54, 1.807) is 4.90 Å². The molecule has 0 saturated carbocycles. The molecule has 0 radical (unpaired) electrons. The molecule has 1 atom stereocenters. The number of halogens is 1. The van der Waals surface area contributed by atoms with E-state index in [0.29, 0.717) is 39.9 Å². The van der Waals surface area contributed by atoms with Crippen LogP contribution in [0.2, 0.25) is 5.02 Å². The van der Waals surface area contributed by atoms with E-state index < -0.39 is 0 Å². The molecule has 0 bridgehead atoms. The number of hydrogen-bond acceptors (Lipinski definition) is 8. The van der Waals surface area contributed by atoms with E-state index in [-0.39, 0.29) is 17.9 Å². The van der Waals surface area contributed by atoms with Crippen LogP contribution in [-0.2, 0) is 4.79 Å². The summed E-state index contributed by atoms with van der Waals surface area (Å²) in [5, 5.41) is 6.41. The molecule has 1 aliphatic rings. The highest BCUT2D eigenvalue weighted by molar-refractivity contribution is 7.17. The summed E-state index contributed by atoms with van der Waals surface area (Å²) in [6.07, 6.45) is 4.82. The van der Waals surface area contributed by atoms with Crippen molar-refractivity contribution in [2.75, 3.05) is 30.8 Å². The highest BCUT2D eigenvalue weighted by Crippen LogP contribution is 2.24. The van der Waals surface area contributed by atoms with Crippen molar-refractivity contribution in [2.45, 2.75) is 12.5 Å². The molecule has 0 aliphatic carbocycles. The largest absolute Gasteiger partial charge is 0.480 e. The summed E-state index contributed by atoms with van der Waals surface area (Å²) in [5.41, 5.74) is 0. The standard InChI is InChI=1S/C16H17ClN6O3S/c1-3-12(24)21-16-19-7-11(27-16)14(25)23-5-4-9(8-23)20-15-18-6-10(17)13(22-15)26-2/h3,6-7,9H,1,4-5,8H2,2H3,(H,18,20,22)(H,19,21,24)/t9-/m1/s1. The second kappa shape index (κ2) is 8.31. The van der Waals surface area contributed by atoms with Crippen LogP contribution >= 0.6 is 22.9 Å². The number of rotatable bonds is 6. The molecule has 3 heterocycles. The number of thiazole rings is 1. The van der Waals surface area contributed by atoms with Crippen LogP contribution in [0, 0.1) is 0 Å². The molecule has 2 amide bonds. The fourth-order valence-corrected chi connectivity index (χ4v) is 3.51. The van der Waals surface area contributed by atoms with E-state index in [1.807, 2.05) is 0 Å². The number of nitrogens with zero attached hydrogens (tertiary/aromatic N) is 4. The maximum Gasteiger partial charge on any atom is 0.265 e. The van der Waals surface area contributed by atoms with Gasteiger partial charge in [0.2, 0.25) is 17.7 Å². The highest BCUT2D eigenvalue weighted by Gasteiger charge is 2.28. The SMILES string of the molecule is C=CC(=O)Nc1ncc(C(=O)N2CC[C@@H](Nc3ncc(Cl)c(OC)n3)C2)s1. The van der Waals surface area contributed by atoms with Gasteiger partial charge in [-0.15, -0.1) is 0 Å². The van der Waals surface area contributed by atoms with Gasteiger partial charge in [0.05, 0.1) is 19.5 Å². The Labute approximate surface area is 164 Å². The lowest BCUT2D eigenvalue weighted by atomic mass is 10.3. The van der Waals surface area contributed by atoms with Gasteiger partial charge in [-0.3, -0.25) is 14.9 Å². The molecule has 2 aromatic rings. The third-order valence-corrected chi connectivity index (χ3v) is 5.01. The predicted octanol–water partition coefficient (Wildman–Crippen LogP) is 2.05. The van der Waals surface area contributed by atoms with E-state index in [9.17, 15) is 9.59 Å². The van der Waals surface area contributed by atoms with Gasteiger partial charge >= 0.3 is 0 Å². The molecule has 2 aromatic heterocycles. The molecule has 0 spiro atoms. The molecule has 142 valence electrons. The molecule has 27 heavy (non-hydrogen) atoms. The third kappa shape index (κ3) is 4.52. The Morgan fingerprint density at radius 2 is 2.26 bits per heavy atom. The second-order valence-corrected chi connectivity index (χ2v) is 7.09. The molecule has 1 aliphatic heterocycles. The minimum absolute atomic E-state index is 0.00712. The number of amides is 2. The van der Waals surface area contributed by atoms with E-state index in [2.05, 4.69) is 32.2 Å². The second-order valence-electron chi connectivity index (χ2n) is 5.65. The number of ether oxygens (including phenoxy) is 1. The molecular formula is C16H17ClN6O3S. The van der Waals surface area contributed by atoms with Crippen molar-refractivity contribution in [3.05, 3.63) is 34.9 Å². The van der Waals surface area contributed by atoms with Crippen LogP contribution in [0.3, 0.4) is 0 Å². The summed E-state index contributed by atoms with van der Waals surface area (Å²) in [6.45, 7) is 4.47. The number of carbonyl (C=O) groups is 2. The number of methoxy groups -OCH3 is 1. The van der Waals surface area contributed by atoms with E-state index in [1.165, 1.54) is 19.5 Å². The van der Waals surface area contributed by atoms with Gasteiger partial charge in [0.1, 0.15) is 9.90 Å². The van der Waals surface area contributed by atoms with Crippen LogP contribution in [0.5, 0.6) is 5.88 Å². The van der Waals surface area contributed by atoms with Crippen LogP contribution in [0.15, 0.2) is 25.0 Å². The Kier molecular flexibility index (Phi) is 5.87. The fraction of sp³-hybridized carbons (Fsp3) is 0.312. The molecule has 1 saturated heterocycles. The summed E-state index contributed by atoms with van der Waals surface area (Å²) in [7, 11) is 1.48. The quantitative estimate of drug-likeness (QED) is 0.704. The van der Waals surface area contributed by atoms with Crippen molar-refractivity contribution in [1.29, 1.82) is 0 Å². The summed E-state index contributed by atoms with van der Waals surface area (Å²) >= 11 is 7.05. The summed E-state index contributed by atoms with van der Waals surface area (Å²) < 4.78 is 5.08.